The van der Waals surface area contributed by atoms with E-state index in [1.54, 1.807) is 0 Å². The van der Waals surface area contributed by atoms with Crippen LogP contribution in [0.2, 0.25) is 0 Å². The van der Waals surface area contributed by atoms with E-state index in [1.165, 1.54) is 12.8 Å². The molecule has 138 valence electrons. The molecule has 0 saturated carbocycles. The molecule has 25 heavy (non-hydrogen) atoms. The molecular weight excluding hydrogens is 318 g/mol. The zero-order valence-corrected chi connectivity index (χ0v) is 15.2. The summed E-state index contributed by atoms with van der Waals surface area (Å²) in [7, 11) is 2.12. The highest BCUT2D eigenvalue weighted by molar-refractivity contribution is 5.92. The average molecular weight is 347 g/mol. The van der Waals surface area contributed by atoms with E-state index in [2.05, 4.69) is 21.9 Å². The molecule has 0 spiro atoms. The number of amides is 1. The minimum Gasteiger partial charge on any atom is -0.377 e. The van der Waals surface area contributed by atoms with Crippen LogP contribution in [0.15, 0.2) is 6.07 Å². The molecule has 0 N–H and O–H groups in total. The summed E-state index contributed by atoms with van der Waals surface area (Å²) >= 11 is 0. The van der Waals surface area contributed by atoms with Crippen LogP contribution < -0.4 is 0 Å². The van der Waals surface area contributed by atoms with Gasteiger partial charge in [-0.15, -0.1) is 0 Å². The quantitative estimate of drug-likeness (QED) is 0.804. The number of aromatic nitrogens is 2. The number of aryl methyl sites for hydroxylation is 1. The molecule has 1 aromatic rings. The first-order valence-electron chi connectivity index (χ1n) is 9.57. The topological polar surface area (TPSA) is 53.8 Å². The summed E-state index contributed by atoms with van der Waals surface area (Å²) in [6.45, 7) is 8.21. The van der Waals surface area contributed by atoms with Gasteiger partial charge >= 0.3 is 0 Å². The Labute approximate surface area is 149 Å². The number of hydrogen-bond acceptors (Lipinski definition) is 5. The van der Waals surface area contributed by atoms with E-state index in [1.807, 2.05) is 15.6 Å². The Morgan fingerprint density at radius 3 is 2.80 bits per heavy atom. The first-order valence-corrected chi connectivity index (χ1v) is 9.57. The standard InChI is InChI=1S/C18H29N5O2/c1-20-5-3-6-23-15(13-20)12-17(19-23)18(24)22-9-7-21(8-10-22)14-16-4-2-11-25-16/h12,16H,2-11,13-14H2,1H3/t16-/m0/s1. The first kappa shape index (κ1) is 17.0. The van der Waals surface area contributed by atoms with E-state index in [0.717, 1.165) is 71.1 Å². The van der Waals surface area contributed by atoms with Gasteiger partial charge in [-0.2, -0.15) is 5.10 Å². The fraction of sp³-hybridized carbons (Fsp3) is 0.778. The van der Waals surface area contributed by atoms with Crippen LogP contribution in [0.5, 0.6) is 0 Å². The van der Waals surface area contributed by atoms with Gasteiger partial charge in [-0.05, 0) is 32.4 Å². The van der Waals surface area contributed by atoms with Crippen molar-refractivity contribution in [2.24, 2.45) is 0 Å². The second-order valence-corrected chi connectivity index (χ2v) is 7.56. The van der Waals surface area contributed by atoms with Crippen LogP contribution in [0.3, 0.4) is 0 Å². The third-order valence-corrected chi connectivity index (χ3v) is 5.57. The summed E-state index contributed by atoms with van der Waals surface area (Å²) in [4.78, 5) is 19.5. The van der Waals surface area contributed by atoms with E-state index in [4.69, 9.17) is 4.74 Å². The van der Waals surface area contributed by atoms with Crippen molar-refractivity contribution in [1.82, 2.24) is 24.5 Å². The van der Waals surface area contributed by atoms with Gasteiger partial charge in [-0.3, -0.25) is 14.4 Å². The zero-order chi connectivity index (χ0) is 17.2. The Balaban J connectivity index is 1.33. The summed E-state index contributed by atoms with van der Waals surface area (Å²) in [5.41, 5.74) is 1.76. The summed E-state index contributed by atoms with van der Waals surface area (Å²) in [6, 6.07) is 1.99. The SMILES string of the molecule is CN1CCCn2nc(C(=O)N3CCN(C[C@@H]4CCCO4)CC3)cc2C1. The molecule has 0 aromatic carbocycles. The fourth-order valence-electron chi connectivity index (χ4n) is 4.10. The van der Waals surface area contributed by atoms with Gasteiger partial charge in [0.25, 0.3) is 5.91 Å². The predicted molar refractivity (Wildman–Crippen MR) is 94.5 cm³/mol. The fourth-order valence-corrected chi connectivity index (χ4v) is 4.10. The highest BCUT2D eigenvalue weighted by Gasteiger charge is 2.27. The van der Waals surface area contributed by atoms with Crippen molar-refractivity contribution in [1.29, 1.82) is 0 Å². The van der Waals surface area contributed by atoms with Gasteiger partial charge in [0, 0.05) is 59.0 Å². The number of hydrogen-bond donors (Lipinski definition) is 0. The van der Waals surface area contributed by atoms with Crippen LogP contribution >= 0.6 is 0 Å². The predicted octanol–water partition coefficient (Wildman–Crippen LogP) is 0.655. The number of rotatable bonds is 3. The number of nitrogens with zero attached hydrogens (tertiary/aromatic N) is 5. The molecule has 3 aliphatic rings. The molecule has 4 rings (SSSR count). The molecule has 3 aliphatic heterocycles. The Kier molecular flexibility index (Phi) is 5.05. The Morgan fingerprint density at radius 2 is 2.04 bits per heavy atom. The van der Waals surface area contributed by atoms with Crippen molar-refractivity contribution < 1.29 is 9.53 Å². The largest absolute Gasteiger partial charge is 0.377 e. The van der Waals surface area contributed by atoms with Gasteiger partial charge in [-0.1, -0.05) is 0 Å². The molecular formula is C18H29N5O2. The first-order chi connectivity index (χ1) is 12.2. The van der Waals surface area contributed by atoms with E-state index in [9.17, 15) is 4.79 Å². The molecule has 0 bridgehead atoms. The summed E-state index contributed by atoms with van der Waals surface area (Å²) in [5, 5.41) is 4.59. The van der Waals surface area contributed by atoms with Gasteiger partial charge in [-0.25, -0.2) is 0 Å². The summed E-state index contributed by atoms with van der Waals surface area (Å²) in [6.07, 6.45) is 3.83. The second-order valence-electron chi connectivity index (χ2n) is 7.56. The van der Waals surface area contributed by atoms with E-state index >= 15 is 0 Å². The molecule has 1 aromatic heterocycles. The molecule has 2 fully saturated rings. The maximum absolute atomic E-state index is 12.8. The molecule has 4 heterocycles. The molecule has 7 heteroatoms. The van der Waals surface area contributed by atoms with Gasteiger partial charge in [0.05, 0.1) is 11.8 Å². The number of piperazine rings is 1. The second kappa shape index (κ2) is 7.43. The number of fused-ring (bicyclic) bond motifs is 1. The van der Waals surface area contributed by atoms with Crippen molar-refractivity contribution in [3.8, 4) is 0 Å². The summed E-state index contributed by atoms with van der Waals surface area (Å²) in [5.74, 6) is 0.0833. The third kappa shape index (κ3) is 3.88. The lowest BCUT2D eigenvalue weighted by Crippen LogP contribution is -2.50. The van der Waals surface area contributed by atoms with E-state index < -0.39 is 0 Å². The van der Waals surface area contributed by atoms with Crippen molar-refractivity contribution >= 4 is 5.91 Å². The lowest BCUT2D eigenvalue weighted by atomic mass is 10.2. The Hall–Kier alpha value is -1.44. The lowest BCUT2D eigenvalue weighted by molar-refractivity contribution is 0.0429. The van der Waals surface area contributed by atoms with Crippen LogP contribution in [0.25, 0.3) is 0 Å². The van der Waals surface area contributed by atoms with Gasteiger partial charge < -0.3 is 14.5 Å². The molecule has 7 nitrogen and oxygen atoms in total. The zero-order valence-electron chi connectivity index (χ0n) is 15.2. The number of carbonyl (C=O) groups is 1. The highest BCUT2D eigenvalue weighted by atomic mass is 16.5. The normalized spacial score (nSPS) is 25.8. The molecule has 0 unspecified atom stereocenters. The third-order valence-electron chi connectivity index (χ3n) is 5.57. The van der Waals surface area contributed by atoms with Crippen molar-refractivity contribution in [3.63, 3.8) is 0 Å². The lowest BCUT2D eigenvalue weighted by Gasteiger charge is -2.35. The van der Waals surface area contributed by atoms with Crippen LogP contribution in [0, 0.1) is 0 Å². The molecule has 1 amide bonds. The maximum Gasteiger partial charge on any atom is 0.274 e. The van der Waals surface area contributed by atoms with Crippen molar-refractivity contribution in [2.45, 2.75) is 38.5 Å². The maximum atomic E-state index is 12.8. The van der Waals surface area contributed by atoms with E-state index in [0.29, 0.717) is 11.8 Å². The summed E-state index contributed by atoms with van der Waals surface area (Å²) < 4.78 is 7.74. The van der Waals surface area contributed by atoms with Crippen molar-refractivity contribution in [2.75, 3.05) is 52.9 Å². The Bertz CT molecular complexity index is 603. The molecule has 2 saturated heterocycles. The van der Waals surface area contributed by atoms with Gasteiger partial charge in [0.2, 0.25) is 0 Å². The van der Waals surface area contributed by atoms with Crippen LogP contribution in [-0.2, 0) is 17.8 Å². The van der Waals surface area contributed by atoms with Crippen LogP contribution in [-0.4, -0.2) is 89.4 Å². The van der Waals surface area contributed by atoms with Gasteiger partial charge in [0.1, 0.15) is 0 Å². The average Bonchev–Trinajstić information content (AvgIpc) is 3.22. The minimum atomic E-state index is 0.0833. The Morgan fingerprint density at radius 1 is 1.20 bits per heavy atom. The van der Waals surface area contributed by atoms with Crippen LogP contribution in [0.4, 0.5) is 0 Å². The molecule has 0 aliphatic carbocycles. The van der Waals surface area contributed by atoms with E-state index in [-0.39, 0.29) is 5.91 Å². The molecule has 1 atom stereocenters. The van der Waals surface area contributed by atoms with Crippen LogP contribution in [0.1, 0.15) is 35.4 Å². The highest BCUT2D eigenvalue weighted by Crippen LogP contribution is 2.17. The minimum absolute atomic E-state index is 0.0833. The number of carbonyl (C=O) groups excluding carboxylic acids is 1. The monoisotopic (exact) mass is 347 g/mol. The van der Waals surface area contributed by atoms with Crippen molar-refractivity contribution in [3.05, 3.63) is 17.5 Å². The number of ether oxygens (including phenoxy) is 1. The molecule has 0 radical (unpaired) electrons. The smallest absolute Gasteiger partial charge is 0.274 e. The van der Waals surface area contributed by atoms with Gasteiger partial charge in [0.15, 0.2) is 5.69 Å².